The van der Waals surface area contributed by atoms with Crippen molar-refractivity contribution in [2.24, 2.45) is 5.92 Å². The van der Waals surface area contributed by atoms with E-state index >= 15 is 0 Å². The van der Waals surface area contributed by atoms with Gasteiger partial charge in [-0.3, -0.25) is 9.69 Å². The van der Waals surface area contributed by atoms with E-state index in [0.29, 0.717) is 18.2 Å². The first kappa shape index (κ1) is 17.3. The molecule has 0 saturated heterocycles. The Labute approximate surface area is 126 Å². The molecule has 1 aromatic carbocycles. The monoisotopic (exact) mass is 295 g/mol. The van der Waals surface area contributed by atoms with Gasteiger partial charge >= 0.3 is 5.97 Å². The van der Waals surface area contributed by atoms with E-state index in [0.717, 1.165) is 11.3 Å². The number of hydrogen-bond donors (Lipinski definition) is 1. The highest BCUT2D eigenvalue weighted by Gasteiger charge is 2.22. The first-order valence-electron chi connectivity index (χ1n) is 7.06. The fraction of sp³-hybridized carbons (Fsp3) is 0.562. The highest BCUT2D eigenvalue weighted by molar-refractivity contribution is 5.69. The molecular formula is C16H25NO4. The average molecular weight is 295 g/mol. The van der Waals surface area contributed by atoms with Crippen LogP contribution in [0.2, 0.25) is 0 Å². The maximum absolute atomic E-state index is 11.1. The van der Waals surface area contributed by atoms with Crippen molar-refractivity contribution in [1.82, 2.24) is 4.90 Å². The summed E-state index contributed by atoms with van der Waals surface area (Å²) in [6.07, 6.45) is 0. The van der Waals surface area contributed by atoms with E-state index in [-0.39, 0.29) is 12.6 Å². The molecule has 0 aliphatic rings. The van der Waals surface area contributed by atoms with E-state index in [4.69, 9.17) is 14.6 Å². The largest absolute Gasteiger partial charge is 0.497 e. The first-order chi connectivity index (χ1) is 9.88. The number of nitrogens with zero attached hydrogens (tertiary/aromatic N) is 1. The molecule has 5 heteroatoms. The molecule has 0 heterocycles. The van der Waals surface area contributed by atoms with Crippen LogP contribution in [0.5, 0.6) is 11.5 Å². The molecule has 1 N–H and O–H groups in total. The number of carbonyl (C=O) groups is 1. The van der Waals surface area contributed by atoms with E-state index in [1.54, 1.807) is 14.2 Å². The normalized spacial score (nSPS) is 12.5. The Balaban J connectivity index is 3.06. The van der Waals surface area contributed by atoms with Crippen LogP contribution < -0.4 is 9.47 Å². The molecule has 0 radical (unpaired) electrons. The number of methoxy groups -OCH3 is 2. The van der Waals surface area contributed by atoms with Gasteiger partial charge in [-0.05, 0) is 18.9 Å². The van der Waals surface area contributed by atoms with Gasteiger partial charge in [0.25, 0.3) is 0 Å². The lowest BCUT2D eigenvalue weighted by atomic mass is 10.0. The third-order valence-corrected chi connectivity index (χ3v) is 3.38. The summed E-state index contributed by atoms with van der Waals surface area (Å²) in [7, 11) is 3.21. The number of benzene rings is 1. The molecule has 0 fully saturated rings. The number of aliphatic carboxylic acids is 1. The summed E-state index contributed by atoms with van der Waals surface area (Å²) in [5, 5.41) is 9.11. The van der Waals surface area contributed by atoms with Crippen molar-refractivity contribution in [2.45, 2.75) is 26.8 Å². The minimum Gasteiger partial charge on any atom is -0.497 e. The number of carboxylic acid groups (broad SMARTS) is 1. The van der Waals surface area contributed by atoms with Crippen LogP contribution in [0.3, 0.4) is 0 Å². The molecule has 0 amide bonds. The molecule has 1 aromatic rings. The standard InChI is InChI=1S/C16H25NO4/c1-11(2)9-17(10-16(18)19)12(3)14-7-6-13(20-4)8-15(14)21-5/h6-8,11-12H,9-10H2,1-5H3,(H,18,19). The molecule has 1 unspecified atom stereocenters. The first-order valence-corrected chi connectivity index (χ1v) is 7.06. The molecule has 21 heavy (non-hydrogen) atoms. The van der Waals surface area contributed by atoms with Crippen LogP contribution in [0.4, 0.5) is 0 Å². The van der Waals surface area contributed by atoms with E-state index in [1.807, 2.05) is 30.0 Å². The van der Waals surface area contributed by atoms with Gasteiger partial charge in [0.15, 0.2) is 0 Å². The highest BCUT2D eigenvalue weighted by atomic mass is 16.5. The molecule has 0 aromatic heterocycles. The highest BCUT2D eigenvalue weighted by Crippen LogP contribution is 2.32. The Morgan fingerprint density at radius 3 is 2.38 bits per heavy atom. The molecule has 118 valence electrons. The van der Waals surface area contributed by atoms with Crippen LogP contribution >= 0.6 is 0 Å². The lowest BCUT2D eigenvalue weighted by Gasteiger charge is -2.30. The van der Waals surface area contributed by atoms with Gasteiger partial charge in [-0.1, -0.05) is 19.9 Å². The molecule has 0 bridgehead atoms. The molecular weight excluding hydrogens is 270 g/mol. The number of rotatable bonds is 8. The topological polar surface area (TPSA) is 59.0 Å². The van der Waals surface area contributed by atoms with Gasteiger partial charge in [0.1, 0.15) is 11.5 Å². The van der Waals surface area contributed by atoms with Crippen molar-refractivity contribution in [3.8, 4) is 11.5 Å². The van der Waals surface area contributed by atoms with Gasteiger partial charge in [-0.15, -0.1) is 0 Å². The quantitative estimate of drug-likeness (QED) is 0.799. The van der Waals surface area contributed by atoms with E-state index in [1.165, 1.54) is 0 Å². The van der Waals surface area contributed by atoms with E-state index < -0.39 is 5.97 Å². The van der Waals surface area contributed by atoms with Crippen molar-refractivity contribution in [3.63, 3.8) is 0 Å². The molecule has 5 nitrogen and oxygen atoms in total. The van der Waals surface area contributed by atoms with Crippen molar-refractivity contribution >= 4 is 5.97 Å². The van der Waals surface area contributed by atoms with Crippen molar-refractivity contribution < 1.29 is 19.4 Å². The summed E-state index contributed by atoms with van der Waals surface area (Å²) in [4.78, 5) is 13.0. The zero-order valence-corrected chi connectivity index (χ0v) is 13.4. The minimum atomic E-state index is -0.824. The molecule has 0 spiro atoms. The second-order valence-electron chi connectivity index (χ2n) is 5.50. The van der Waals surface area contributed by atoms with Crippen molar-refractivity contribution in [3.05, 3.63) is 23.8 Å². The molecule has 0 aliphatic carbocycles. The van der Waals surface area contributed by atoms with Crippen LogP contribution in [-0.2, 0) is 4.79 Å². The summed E-state index contributed by atoms with van der Waals surface area (Å²) >= 11 is 0. The van der Waals surface area contributed by atoms with Gasteiger partial charge < -0.3 is 14.6 Å². The Morgan fingerprint density at radius 1 is 1.24 bits per heavy atom. The predicted molar refractivity (Wildman–Crippen MR) is 82.0 cm³/mol. The summed E-state index contributed by atoms with van der Waals surface area (Å²) in [6, 6.07) is 5.56. The van der Waals surface area contributed by atoms with E-state index in [2.05, 4.69) is 13.8 Å². The summed E-state index contributed by atoms with van der Waals surface area (Å²) in [6.45, 7) is 6.87. The summed E-state index contributed by atoms with van der Waals surface area (Å²) < 4.78 is 10.6. The minimum absolute atomic E-state index is 0.00846. The second-order valence-corrected chi connectivity index (χ2v) is 5.50. The third kappa shape index (κ3) is 4.93. The van der Waals surface area contributed by atoms with Gasteiger partial charge in [-0.2, -0.15) is 0 Å². The van der Waals surface area contributed by atoms with Gasteiger partial charge in [0, 0.05) is 24.2 Å². The maximum atomic E-state index is 11.1. The zero-order valence-electron chi connectivity index (χ0n) is 13.4. The average Bonchev–Trinajstić information content (AvgIpc) is 2.44. The fourth-order valence-corrected chi connectivity index (χ4v) is 2.36. The number of carboxylic acids is 1. The smallest absolute Gasteiger partial charge is 0.317 e. The lowest BCUT2D eigenvalue weighted by Crippen LogP contribution is -2.35. The van der Waals surface area contributed by atoms with Crippen LogP contribution in [0.25, 0.3) is 0 Å². The SMILES string of the molecule is COc1ccc(C(C)N(CC(=O)O)CC(C)C)c(OC)c1. The van der Waals surface area contributed by atoms with Crippen molar-refractivity contribution in [2.75, 3.05) is 27.3 Å². The summed E-state index contributed by atoms with van der Waals surface area (Å²) in [5.41, 5.74) is 0.959. The van der Waals surface area contributed by atoms with Crippen LogP contribution in [0.15, 0.2) is 18.2 Å². The predicted octanol–water partition coefficient (Wildman–Crippen LogP) is 2.81. The molecule has 0 saturated carbocycles. The third-order valence-electron chi connectivity index (χ3n) is 3.38. The maximum Gasteiger partial charge on any atom is 0.317 e. The van der Waals surface area contributed by atoms with Crippen LogP contribution in [0, 0.1) is 5.92 Å². The molecule has 1 atom stereocenters. The Morgan fingerprint density at radius 2 is 1.90 bits per heavy atom. The fourth-order valence-electron chi connectivity index (χ4n) is 2.36. The summed E-state index contributed by atoms with van der Waals surface area (Å²) in [5.74, 6) is 0.989. The molecule has 1 rings (SSSR count). The Bertz CT molecular complexity index is 473. The van der Waals surface area contributed by atoms with Crippen molar-refractivity contribution in [1.29, 1.82) is 0 Å². The van der Waals surface area contributed by atoms with Crippen LogP contribution in [-0.4, -0.2) is 43.3 Å². The second kappa shape index (κ2) is 7.88. The number of ether oxygens (including phenoxy) is 2. The lowest BCUT2D eigenvalue weighted by molar-refractivity contribution is -0.139. The zero-order chi connectivity index (χ0) is 16.0. The Hall–Kier alpha value is -1.75. The van der Waals surface area contributed by atoms with Gasteiger partial charge in [-0.25, -0.2) is 0 Å². The number of hydrogen-bond acceptors (Lipinski definition) is 4. The Kier molecular flexibility index (Phi) is 6.49. The van der Waals surface area contributed by atoms with Gasteiger partial charge in [0.05, 0.1) is 20.8 Å². The van der Waals surface area contributed by atoms with Crippen LogP contribution in [0.1, 0.15) is 32.4 Å². The molecule has 0 aliphatic heterocycles. The van der Waals surface area contributed by atoms with Gasteiger partial charge in [0.2, 0.25) is 0 Å². The van der Waals surface area contributed by atoms with E-state index in [9.17, 15) is 4.79 Å².